The Morgan fingerprint density at radius 2 is 0.842 bits per heavy atom. The maximum absolute atomic E-state index is 2.66. The minimum absolute atomic E-state index is 0. The van der Waals surface area contributed by atoms with Crippen LogP contribution < -0.4 is 0 Å². The number of nitrogens with zero attached hydrogens (tertiary/aromatic N) is 4. The van der Waals surface area contributed by atoms with Crippen molar-refractivity contribution < 1.29 is 0 Å². The molecule has 2 bridgehead atoms. The Hall–Kier alpha value is -0.160. The van der Waals surface area contributed by atoms with E-state index in [0.29, 0.717) is 0 Å². The topological polar surface area (TPSA) is 13.0 Å². The van der Waals surface area contributed by atoms with Crippen molar-refractivity contribution in [3.05, 3.63) is 0 Å². The lowest BCUT2D eigenvalue weighted by Gasteiger charge is -2.34. The van der Waals surface area contributed by atoms with E-state index in [1.54, 1.807) is 0 Å². The van der Waals surface area contributed by atoms with E-state index in [-0.39, 0.29) is 7.43 Å². The van der Waals surface area contributed by atoms with Crippen LogP contribution in [0.25, 0.3) is 0 Å². The molecule has 0 aromatic heterocycles. The zero-order chi connectivity index (χ0) is 12.8. The summed E-state index contributed by atoms with van der Waals surface area (Å²) in [7, 11) is 4.54. The molecule has 0 aromatic rings. The second kappa shape index (κ2) is 8.90. The van der Waals surface area contributed by atoms with Gasteiger partial charge in [-0.3, -0.25) is 0 Å². The van der Waals surface area contributed by atoms with Crippen molar-refractivity contribution in [3.63, 3.8) is 0 Å². The first-order valence-electron chi connectivity index (χ1n) is 7.56. The van der Waals surface area contributed by atoms with Gasteiger partial charge in [-0.1, -0.05) is 7.43 Å². The van der Waals surface area contributed by atoms with Crippen molar-refractivity contribution in [1.82, 2.24) is 19.6 Å². The number of rotatable bonds is 0. The van der Waals surface area contributed by atoms with Crippen LogP contribution in [0, 0.1) is 0 Å². The molecule has 0 aliphatic carbocycles. The molecule has 2 aliphatic heterocycles. The Bertz CT molecular complexity index is 210. The summed E-state index contributed by atoms with van der Waals surface area (Å²) in [5, 5.41) is 0. The molecule has 0 amide bonds. The molecule has 114 valence electrons. The number of fused-ring (bicyclic) bond motifs is 3. The summed E-state index contributed by atoms with van der Waals surface area (Å²) in [6, 6.07) is 0. The van der Waals surface area contributed by atoms with Crippen molar-refractivity contribution in [2.75, 3.05) is 79.5 Å². The quantitative estimate of drug-likeness (QED) is 0.648. The molecule has 2 heterocycles. The normalized spacial score (nSPS) is 32.5. The van der Waals surface area contributed by atoms with Gasteiger partial charge in [0.15, 0.2) is 0 Å². The minimum Gasteiger partial charge on any atom is -0.305 e. The van der Waals surface area contributed by atoms with E-state index >= 15 is 0 Å². The molecule has 2 fully saturated rings. The molecule has 4 nitrogen and oxygen atoms in total. The first kappa shape index (κ1) is 16.9. The molecule has 0 spiro atoms. The van der Waals surface area contributed by atoms with Crippen molar-refractivity contribution >= 4 is 0 Å². The van der Waals surface area contributed by atoms with Crippen LogP contribution in [-0.4, -0.2) is 99.1 Å². The standard InChI is InChI=1S/C14H30N4.CH4/c1-15-5-3-7-18-12-10-16(2)6-4-8-17(11-9-15)13-14-18;/h3-14H2,1-2H3;1H4. The van der Waals surface area contributed by atoms with Gasteiger partial charge in [-0.05, 0) is 53.1 Å². The monoisotopic (exact) mass is 270 g/mol. The van der Waals surface area contributed by atoms with E-state index < -0.39 is 0 Å². The molecule has 0 saturated carbocycles. The van der Waals surface area contributed by atoms with Crippen molar-refractivity contribution in [2.24, 2.45) is 0 Å². The average Bonchev–Trinajstić information content (AvgIpc) is 2.37. The Morgan fingerprint density at radius 3 is 1.26 bits per heavy atom. The van der Waals surface area contributed by atoms with E-state index in [9.17, 15) is 0 Å². The van der Waals surface area contributed by atoms with E-state index in [2.05, 4.69) is 33.7 Å². The van der Waals surface area contributed by atoms with E-state index in [1.807, 2.05) is 0 Å². The van der Waals surface area contributed by atoms with Gasteiger partial charge in [-0.15, -0.1) is 0 Å². The zero-order valence-electron chi connectivity index (χ0n) is 12.3. The number of likely N-dealkylation sites (N-methyl/N-ethyl adjacent to an activating group) is 2. The second-order valence-corrected chi connectivity index (χ2v) is 6.00. The Labute approximate surface area is 120 Å². The number of hydrogen-bond acceptors (Lipinski definition) is 4. The minimum atomic E-state index is 0. The SMILES string of the molecule is C.CN1CCCN2CCN(C)CCCN(CC1)CC2. The highest BCUT2D eigenvalue weighted by molar-refractivity contribution is 4.71. The van der Waals surface area contributed by atoms with Gasteiger partial charge >= 0.3 is 0 Å². The Balaban J connectivity index is 0.00000180. The van der Waals surface area contributed by atoms with Crippen LogP contribution in [0.4, 0.5) is 0 Å². The summed E-state index contributed by atoms with van der Waals surface area (Å²) in [4.78, 5) is 10.3. The smallest absolute Gasteiger partial charge is 0.0110 e. The first-order valence-corrected chi connectivity index (χ1v) is 7.56. The third-order valence-electron chi connectivity index (χ3n) is 4.36. The summed E-state index contributed by atoms with van der Waals surface area (Å²) in [5.41, 5.74) is 0. The van der Waals surface area contributed by atoms with Gasteiger partial charge in [-0.25, -0.2) is 0 Å². The summed E-state index contributed by atoms with van der Waals surface area (Å²) < 4.78 is 0. The fourth-order valence-electron chi connectivity index (χ4n) is 2.93. The van der Waals surface area contributed by atoms with E-state index in [4.69, 9.17) is 0 Å². The van der Waals surface area contributed by atoms with Gasteiger partial charge in [0, 0.05) is 39.3 Å². The largest absolute Gasteiger partial charge is 0.305 e. The maximum Gasteiger partial charge on any atom is 0.0110 e. The van der Waals surface area contributed by atoms with Crippen LogP contribution in [0.3, 0.4) is 0 Å². The van der Waals surface area contributed by atoms with Crippen LogP contribution in [0.15, 0.2) is 0 Å². The van der Waals surface area contributed by atoms with Crippen molar-refractivity contribution in [1.29, 1.82) is 0 Å². The Kier molecular flexibility index (Phi) is 7.91. The van der Waals surface area contributed by atoms with Crippen LogP contribution in [-0.2, 0) is 0 Å². The maximum atomic E-state index is 2.66. The van der Waals surface area contributed by atoms with Crippen molar-refractivity contribution in [2.45, 2.75) is 20.3 Å². The van der Waals surface area contributed by atoms with E-state index in [1.165, 1.54) is 78.3 Å². The lowest BCUT2D eigenvalue weighted by atomic mass is 10.2. The van der Waals surface area contributed by atoms with Crippen LogP contribution >= 0.6 is 0 Å². The molecule has 2 rings (SSSR count). The van der Waals surface area contributed by atoms with Gasteiger partial charge in [0.05, 0.1) is 0 Å². The van der Waals surface area contributed by atoms with Crippen LogP contribution in [0.5, 0.6) is 0 Å². The summed E-state index contributed by atoms with van der Waals surface area (Å²) in [6.45, 7) is 12.5. The predicted molar refractivity (Wildman–Crippen MR) is 83.8 cm³/mol. The first-order chi connectivity index (χ1) is 8.74. The summed E-state index contributed by atoms with van der Waals surface area (Å²) in [5.74, 6) is 0. The summed E-state index contributed by atoms with van der Waals surface area (Å²) in [6.07, 6.45) is 2.64. The molecule has 2 saturated heterocycles. The van der Waals surface area contributed by atoms with Gasteiger partial charge in [0.1, 0.15) is 0 Å². The molecule has 4 heteroatoms. The van der Waals surface area contributed by atoms with Gasteiger partial charge < -0.3 is 19.6 Å². The van der Waals surface area contributed by atoms with Crippen LogP contribution in [0.1, 0.15) is 20.3 Å². The molecule has 0 aromatic carbocycles. The molecule has 19 heavy (non-hydrogen) atoms. The van der Waals surface area contributed by atoms with Crippen LogP contribution in [0.2, 0.25) is 0 Å². The van der Waals surface area contributed by atoms with Crippen molar-refractivity contribution in [3.8, 4) is 0 Å². The third kappa shape index (κ3) is 6.21. The highest BCUT2D eigenvalue weighted by Gasteiger charge is 2.15. The Morgan fingerprint density at radius 1 is 0.474 bits per heavy atom. The highest BCUT2D eigenvalue weighted by Crippen LogP contribution is 2.04. The molecular formula is C15H34N4. The lowest BCUT2D eigenvalue weighted by molar-refractivity contribution is 0.135. The second-order valence-electron chi connectivity index (χ2n) is 6.00. The molecule has 0 N–H and O–H groups in total. The molecule has 2 atom stereocenters. The fraction of sp³-hybridized carbons (Fsp3) is 1.00. The lowest BCUT2D eigenvalue weighted by Crippen LogP contribution is -2.45. The van der Waals surface area contributed by atoms with E-state index in [0.717, 1.165) is 0 Å². The number of hydrogen-bond donors (Lipinski definition) is 0. The molecular weight excluding hydrogens is 236 g/mol. The van der Waals surface area contributed by atoms with Gasteiger partial charge in [0.2, 0.25) is 0 Å². The average molecular weight is 270 g/mol. The zero-order valence-corrected chi connectivity index (χ0v) is 12.3. The summed E-state index contributed by atoms with van der Waals surface area (Å²) >= 11 is 0. The third-order valence-corrected chi connectivity index (χ3v) is 4.36. The molecule has 2 aliphatic rings. The van der Waals surface area contributed by atoms with Gasteiger partial charge in [-0.2, -0.15) is 0 Å². The molecule has 0 radical (unpaired) electrons. The highest BCUT2D eigenvalue weighted by atomic mass is 15.2. The fourth-order valence-corrected chi connectivity index (χ4v) is 2.93. The van der Waals surface area contributed by atoms with Gasteiger partial charge in [0.25, 0.3) is 0 Å². The predicted octanol–water partition coefficient (Wildman–Crippen LogP) is 0.898. The molecule has 2 unspecified atom stereocenters.